The summed E-state index contributed by atoms with van der Waals surface area (Å²) in [6, 6.07) is -0.752. The van der Waals surface area contributed by atoms with Crippen molar-refractivity contribution >= 4 is 23.6 Å². The maximum absolute atomic E-state index is 10.9. The van der Waals surface area contributed by atoms with Crippen molar-refractivity contribution in [3.8, 4) is 0 Å². The molecule has 76 valence electrons. The number of hydrogen-bond acceptors (Lipinski definition) is 3. The fraction of sp³-hybridized carbons (Fsp3) is 0.750. The highest BCUT2D eigenvalue weighted by Crippen LogP contribution is 2.02. The normalized spacial score (nSPS) is 12.2. The van der Waals surface area contributed by atoms with Crippen molar-refractivity contribution in [3.63, 3.8) is 0 Å². The third-order valence-electron chi connectivity index (χ3n) is 1.44. The van der Waals surface area contributed by atoms with Gasteiger partial charge in [-0.05, 0) is 5.75 Å². The number of carboxylic acid groups (broad SMARTS) is 1. The van der Waals surface area contributed by atoms with Crippen LogP contribution >= 0.6 is 11.8 Å². The minimum atomic E-state index is -0.970. The van der Waals surface area contributed by atoms with E-state index < -0.39 is 12.0 Å². The van der Waals surface area contributed by atoms with E-state index in [0.717, 1.165) is 5.75 Å². The molecule has 0 heterocycles. The highest BCUT2D eigenvalue weighted by Gasteiger charge is 2.18. The van der Waals surface area contributed by atoms with Crippen molar-refractivity contribution in [3.05, 3.63) is 0 Å². The number of thioether (sulfide) groups is 1. The lowest BCUT2D eigenvalue weighted by Crippen LogP contribution is -2.42. The lowest BCUT2D eigenvalue weighted by atomic mass is 10.3. The Labute approximate surface area is 82.1 Å². The monoisotopic (exact) mass is 205 g/mol. The fourth-order valence-electron chi connectivity index (χ4n) is 0.707. The van der Waals surface area contributed by atoms with E-state index in [0.29, 0.717) is 12.2 Å². The van der Waals surface area contributed by atoms with Gasteiger partial charge in [0.15, 0.2) is 0 Å². The van der Waals surface area contributed by atoms with Crippen LogP contribution in [0.4, 0.5) is 0 Å². The summed E-state index contributed by atoms with van der Waals surface area (Å²) in [5.41, 5.74) is 0. The largest absolute Gasteiger partial charge is 0.480 e. The molecule has 0 saturated carbocycles. The Bertz CT molecular complexity index is 184. The first-order chi connectivity index (χ1) is 6.11. The molecule has 13 heavy (non-hydrogen) atoms. The van der Waals surface area contributed by atoms with Gasteiger partial charge in [-0.1, -0.05) is 13.8 Å². The van der Waals surface area contributed by atoms with E-state index in [1.54, 1.807) is 6.92 Å². The number of amides is 1. The molecule has 2 N–H and O–H groups in total. The molecule has 5 heteroatoms. The summed E-state index contributed by atoms with van der Waals surface area (Å²) >= 11 is 1.50. The van der Waals surface area contributed by atoms with Crippen molar-refractivity contribution in [2.75, 3.05) is 11.5 Å². The van der Waals surface area contributed by atoms with E-state index >= 15 is 0 Å². The molecule has 0 aliphatic carbocycles. The first-order valence-electron chi connectivity index (χ1n) is 4.21. The van der Waals surface area contributed by atoms with Gasteiger partial charge in [-0.25, -0.2) is 4.79 Å². The third-order valence-corrected chi connectivity index (χ3v) is 2.42. The standard InChI is InChI=1S/C8H15NO3S/c1-3-7(10)9-6(8(11)12)5-13-4-2/h6H,3-5H2,1-2H3,(H,9,10)(H,11,12). The van der Waals surface area contributed by atoms with Gasteiger partial charge >= 0.3 is 5.97 Å². The summed E-state index contributed by atoms with van der Waals surface area (Å²) in [4.78, 5) is 21.5. The van der Waals surface area contributed by atoms with Gasteiger partial charge in [0.05, 0.1) is 0 Å². The number of carbonyl (C=O) groups is 2. The van der Waals surface area contributed by atoms with Crippen LogP contribution in [-0.4, -0.2) is 34.5 Å². The molecule has 1 unspecified atom stereocenters. The zero-order valence-electron chi connectivity index (χ0n) is 7.87. The third kappa shape index (κ3) is 5.52. The van der Waals surface area contributed by atoms with E-state index in [9.17, 15) is 9.59 Å². The Morgan fingerprint density at radius 1 is 1.46 bits per heavy atom. The highest BCUT2D eigenvalue weighted by molar-refractivity contribution is 7.99. The summed E-state index contributed by atoms with van der Waals surface area (Å²) in [5.74, 6) is 0.0930. The molecular weight excluding hydrogens is 190 g/mol. The van der Waals surface area contributed by atoms with E-state index in [4.69, 9.17) is 5.11 Å². The first-order valence-corrected chi connectivity index (χ1v) is 5.37. The van der Waals surface area contributed by atoms with Gasteiger partial charge in [0, 0.05) is 12.2 Å². The highest BCUT2D eigenvalue weighted by atomic mass is 32.2. The Morgan fingerprint density at radius 2 is 2.08 bits per heavy atom. The second-order valence-corrected chi connectivity index (χ2v) is 3.79. The van der Waals surface area contributed by atoms with Crippen molar-refractivity contribution < 1.29 is 14.7 Å². The Morgan fingerprint density at radius 3 is 2.46 bits per heavy atom. The fourth-order valence-corrected chi connectivity index (χ4v) is 1.40. The summed E-state index contributed by atoms with van der Waals surface area (Å²) in [7, 11) is 0. The molecule has 0 aromatic heterocycles. The minimum Gasteiger partial charge on any atom is -0.480 e. The van der Waals surface area contributed by atoms with Gasteiger partial charge in [-0.15, -0.1) is 0 Å². The Balaban J connectivity index is 3.94. The molecule has 0 fully saturated rings. The molecule has 0 bridgehead atoms. The van der Waals surface area contributed by atoms with Gasteiger partial charge in [0.25, 0.3) is 0 Å². The summed E-state index contributed by atoms with van der Waals surface area (Å²) in [5, 5.41) is 11.2. The molecule has 0 aromatic carbocycles. The van der Waals surface area contributed by atoms with Crippen LogP contribution in [-0.2, 0) is 9.59 Å². The zero-order chi connectivity index (χ0) is 10.3. The molecule has 4 nitrogen and oxygen atoms in total. The van der Waals surface area contributed by atoms with Gasteiger partial charge < -0.3 is 10.4 Å². The lowest BCUT2D eigenvalue weighted by Gasteiger charge is -2.12. The molecule has 0 aliphatic rings. The molecule has 0 aliphatic heterocycles. The van der Waals surface area contributed by atoms with Gasteiger partial charge in [-0.2, -0.15) is 11.8 Å². The Hall–Kier alpha value is -0.710. The van der Waals surface area contributed by atoms with Crippen molar-refractivity contribution in [1.82, 2.24) is 5.32 Å². The smallest absolute Gasteiger partial charge is 0.327 e. The second-order valence-electron chi connectivity index (χ2n) is 2.47. The molecule has 0 aromatic rings. The molecule has 1 amide bonds. The number of nitrogens with one attached hydrogen (secondary N) is 1. The van der Waals surface area contributed by atoms with Crippen molar-refractivity contribution in [2.45, 2.75) is 26.3 Å². The maximum Gasteiger partial charge on any atom is 0.327 e. The van der Waals surface area contributed by atoms with Crippen LogP contribution in [0.25, 0.3) is 0 Å². The predicted molar refractivity (Wildman–Crippen MR) is 52.9 cm³/mol. The van der Waals surface area contributed by atoms with E-state index in [1.165, 1.54) is 11.8 Å². The zero-order valence-corrected chi connectivity index (χ0v) is 8.69. The van der Waals surface area contributed by atoms with Crippen molar-refractivity contribution in [1.29, 1.82) is 0 Å². The van der Waals surface area contributed by atoms with Gasteiger partial charge in [0.1, 0.15) is 6.04 Å². The predicted octanol–water partition coefficient (Wildman–Crippen LogP) is 0.719. The van der Waals surface area contributed by atoms with Gasteiger partial charge in [-0.3, -0.25) is 4.79 Å². The SMILES string of the molecule is CCSCC(NC(=O)CC)C(=O)O. The number of carbonyl (C=O) groups excluding carboxylic acids is 1. The van der Waals surface area contributed by atoms with E-state index in [1.807, 2.05) is 6.92 Å². The van der Waals surface area contributed by atoms with Crippen LogP contribution in [0, 0.1) is 0 Å². The molecule has 0 rings (SSSR count). The van der Waals surface area contributed by atoms with Crippen LogP contribution in [0.15, 0.2) is 0 Å². The lowest BCUT2D eigenvalue weighted by molar-refractivity contribution is -0.141. The average Bonchev–Trinajstić information content (AvgIpc) is 2.11. The molecule has 0 saturated heterocycles. The molecule has 1 atom stereocenters. The summed E-state index contributed by atoms with van der Waals surface area (Å²) in [6.07, 6.45) is 0.320. The average molecular weight is 205 g/mol. The number of hydrogen-bond donors (Lipinski definition) is 2. The van der Waals surface area contributed by atoms with Gasteiger partial charge in [0.2, 0.25) is 5.91 Å². The number of carboxylic acids is 1. The molecule has 0 radical (unpaired) electrons. The van der Waals surface area contributed by atoms with Crippen LogP contribution in [0.5, 0.6) is 0 Å². The minimum absolute atomic E-state index is 0.218. The van der Waals surface area contributed by atoms with Crippen molar-refractivity contribution in [2.24, 2.45) is 0 Å². The van der Waals surface area contributed by atoms with Crippen LogP contribution < -0.4 is 5.32 Å². The topological polar surface area (TPSA) is 66.4 Å². The van der Waals surface area contributed by atoms with E-state index in [-0.39, 0.29) is 5.91 Å². The first kappa shape index (κ1) is 12.3. The summed E-state index contributed by atoms with van der Waals surface area (Å²) in [6.45, 7) is 3.65. The van der Waals surface area contributed by atoms with Crippen LogP contribution in [0.2, 0.25) is 0 Å². The Kier molecular flexibility index (Phi) is 6.40. The number of rotatable bonds is 6. The van der Waals surface area contributed by atoms with E-state index in [2.05, 4.69) is 5.32 Å². The second kappa shape index (κ2) is 6.77. The summed E-state index contributed by atoms with van der Waals surface area (Å²) < 4.78 is 0. The molecule has 0 spiro atoms. The maximum atomic E-state index is 10.9. The quantitative estimate of drug-likeness (QED) is 0.670. The van der Waals surface area contributed by atoms with Crippen LogP contribution in [0.1, 0.15) is 20.3 Å². The number of aliphatic carboxylic acids is 1. The van der Waals surface area contributed by atoms with Crippen LogP contribution in [0.3, 0.4) is 0 Å². The molecular formula is C8H15NO3S.